The number of aliphatic hydroxyl groups excluding tert-OH is 1. The quantitative estimate of drug-likeness (QED) is 0.741. The molecule has 0 aliphatic heterocycles. The Bertz CT molecular complexity index is 272. The first-order chi connectivity index (χ1) is 6.77. The van der Waals surface area contributed by atoms with Gasteiger partial charge in [-0.25, -0.2) is 0 Å². The van der Waals surface area contributed by atoms with Crippen molar-refractivity contribution < 1.29 is 5.11 Å². The second-order valence-corrected chi connectivity index (χ2v) is 3.47. The summed E-state index contributed by atoms with van der Waals surface area (Å²) in [6.45, 7) is 5.09. The number of hydrogen-bond acceptors (Lipinski definition) is 3. The average molecular weight is 194 g/mol. The van der Waals surface area contributed by atoms with Crippen LogP contribution in [0.15, 0.2) is 18.5 Å². The van der Waals surface area contributed by atoms with E-state index in [4.69, 9.17) is 5.11 Å². The molecule has 78 valence electrons. The summed E-state index contributed by atoms with van der Waals surface area (Å²) in [5, 5.41) is 12.3. The fourth-order valence-electron chi connectivity index (χ4n) is 1.27. The van der Waals surface area contributed by atoms with E-state index in [-0.39, 0.29) is 12.6 Å². The van der Waals surface area contributed by atoms with Crippen LogP contribution in [0.3, 0.4) is 0 Å². The molecule has 0 amide bonds. The molecule has 1 aromatic heterocycles. The van der Waals surface area contributed by atoms with E-state index < -0.39 is 0 Å². The molecule has 14 heavy (non-hydrogen) atoms. The minimum atomic E-state index is 0.189. The number of aryl methyl sites for hydroxylation is 1. The van der Waals surface area contributed by atoms with Crippen molar-refractivity contribution in [3.05, 3.63) is 29.6 Å². The lowest BCUT2D eigenvalue weighted by atomic mass is 10.1. The van der Waals surface area contributed by atoms with E-state index >= 15 is 0 Å². The van der Waals surface area contributed by atoms with Gasteiger partial charge in [0, 0.05) is 25.0 Å². The second kappa shape index (κ2) is 5.73. The van der Waals surface area contributed by atoms with E-state index in [1.165, 1.54) is 11.1 Å². The van der Waals surface area contributed by atoms with E-state index in [0.29, 0.717) is 0 Å². The third kappa shape index (κ3) is 3.09. The lowest BCUT2D eigenvalue weighted by Crippen LogP contribution is -2.31. The highest BCUT2D eigenvalue weighted by Gasteiger charge is 2.04. The van der Waals surface area contributed by atoms with Gasteiger partial charge < -0.3 is 10.4 Å². The van der Waals surface area contributed by atoms with Crippen molar-refractivity contribution >= 4 is 0 Å². The monoisotopic (exact) mass is 194 g/mol. The van der Waals surface area contributed by atoms with Crippen LogP contribution in [0.25, 0.3) is 0 Å². The zero-order chi connectivity index (χ0) is 10.4. The van der Waals surface area contributed by atoms with Crippen LogP contribution < -0.4 is 5.32 Å². The molecule has 3 heteroatoms. The standard InChI is InChI=1S/C11H18N2O/c1-3-11(8-14)13-7-10-6-12-5-4-9(10)2/h4-6,11,13-14H,3,7-8H2,1-2H3/t11-/m0/s1. The predicted molar refractivity (Wildman–Crippen MR) is 57.0 cm³/mol. The molecular formula is C11H18N2O. The zero-order valence-electron chi connectivity index (χ0n) is 8.83. The van der Waals surface area contributed by atoms with Crippen LogP contribution in [0.1, 0.15) is 24.5 Å². The summed E-state index contributed by atoms with van der Waals surface area (Å²) in [7, 11) is 0. The van der Waals surface area contributed by atoms with E-state index in [0.717, 1.165) is 13.0 Å². The van der Waals surface area contributed by atoms with Gasteiger partial charge in [-0.1, -0.05) is 6.92 Å². The van der Waals surface area contributed by atoms with Crippen molar-refractivity contribution in [2.75, 3.05) is 6.61 Å². The first-order valence-electron chi connectivity index (χ1n) is 5.01. The number of hydrogen-bond donors (Lipinski definition) is 2. The molecule has 0 fully saturated rings. The Kier molecular flexibility index (Phi) is 4.56. The van der Waals surface area contributed by atoms with Crippen molar-refractivity contribution in [3.8, 4) is 0 Å². The molecule has 0 aliphatic rings. The largest absolute Gasteiger partial charge is 0.395 e. The normalized spacial score (nSPS) is 12.8. The number of nitrogens with zero attached hydrogens (tertiary/aromatic N) is 1. The van der Waals surface area contributed by atoms with Gasteiger partial charge in [-0.15, -0.1) is 0 Å². The van der Waals surface area contributed by atoms with Crippen LogP contribution in [-0.4, -0.2) is 22.7 Å². The van der Waals surface area contributed by atoms with Gasteiger partial charge in [0.25, 0.3) is 0 Å². The fourth-order valence-corrected chi connectivity index (χ4v) is 1.27. The Morgan fingerprint density at radius 1 is 1.57 bits per heavy atom. The number of nitrogens with one attached hydrogen (secondary N) is 1. The highest BCUT2D eigenvalue weighted by atomic mass is 16.3. The number of aliphatic hydroxyl groups is 1. The van der Waals surface area contributed by atoms with Gasteiger partial charge in [-0.3, -0.25) is 4.98 Å². The molecule has 0 bridgehead atoms. The molecule has 0 unspecified atom stereocenters. The van der Waals surface area contributed by atoms with Gasteiger partial charge in [0.1, 0.15) is 0 Å². The van der Waals surface area contributed by atoms with Crippen LogP contribution >= 0.6 is 0 Å². The molecule has 3 nitrogen and oxygen atoms in total. The fraction of sp³-hybridized carbons (Fsp3) is 0.545. The van der Waals surface area contributed by atoms with Gasteiger partial charge in [0.15, 0.2) is 0 Å². The van der Waals surface area contributed by atoms with Crippen molar-refractivity contribution in [1.29, 1.82) is 0 Å². The van der Waals surface area contributed by atoms with Crippen molar-refractivity contribution in [2.24, 2.45) is 0 Å². The van der Waals surface area contributed by atoms with Crippen LogP contribution in [0, 0.1) is 6.92 Å². The molecule has 1 heterocycles. The minimum Gasteiger partial charge on any atom is -0.395 e. The maximum absolute atomic E-state index is 9.00. The highest BCUT2D eigenvalue weighted by molar-refractivity contribution is 5.21. The van der Waals surface area contributed by atoms with Gasteiger partial charge in [-0.05, 0) is 30.5 Å². The van der Waals surface area contributed by atoms with Crippen LogP contribution in [0.5, 0.6) is 0 Å². The molecule has 0 saturated carbocycles. The second-order valence-electron chi connectivity index (χ2n) is 3.47. The summed E-state index contributed by atoms with van der Waals surface area (Å²) in [4.78, 5) is 4.07. The van der Waals surface area contributed by atoms with Gasteiger partial charge in [-0.2, -0.15) is 0 Å². The highest BCUT2D eigenvalue weighted by Crippen LogP contribution is 2.04. The number of rotatable bonds is 5. The molecule has 1 rings (SSSR count). The third-order valence-electron chi connectivity index (χ3n) is 2.44. The van der Waals surface area contributed by atoms with E-state index in [9.17, 15) is 0 Å². The molecule has 1 atom stereocenters. The maximum Gasteiger partial charge on any atom is 0.0584 e. The van der Waals surface area contributed by atoms with Crippen molar-refractivity contribution in [2.45, 2.75) is 32.9 Å². The first kappa shape index (κ1) is 11.1. The molecular weight excluding hydrogens is 176 g/mol. The molecule has 1 aromatic rings. The average Bonchev–Trinajstić information content (AvgIpc) is 2.22. The third-order valence-corrected chi connectivity index (χ3v) is 2.44. The molecule has 0 aliphatic carbocycles. The summed E-state index contributed by atoms with van der Waals surface area (Å²) >= 11 is 0. The summed E-state index contributed by atoms with van der Waals surface area (Å²) in [6, 6.07) is 2.19. The molecule has 2 N–H and O–H groups in total. The van der Waals surface area contributed by atoms with Crippen molar-refractivity contribution in [1.82, 2.24) is 10.3 Å². The molecule has 0 radical (unpaired) electrons. The number of aromatic nitrogens is 1. The summed E-state index contributed by atoms with van der Waals surface area (Å²) in [5.41, 5.74) is 2.43. The summed E-state index contributed by atoms with van der Waals surface area (Å²) < 4.78 is 0. The smallest absolute Gasteiger partial charge is 0.0584 e. The minimum absolute atomic E-state index is 0.189. The van der Waals surface area contributed by atoms with Gasteiger partial charge in [0.2, 0.25) is 0 Å². The van der Waals surface area contributed by atoms with Gasteiger partial charge >= 0.3 is 0 Å². The maximum atomic E-state index is 9.00. The van der Waals surface area contributed by atoms with E-state index in [1.807, 2.05) is 12.3 Å². The lowest BCUT2D eigenvalue weighted by Gasteiger charge is -2.14. The molecule has 0 spiro atoms. The molecule has 0 aromatic carbocycles. The SMILES string of the molecule is CC[C@@H](CO)NCc1cnccc1C. The van der Waals surface area contributed by atoms with Crippen LogP contribution in [-0.2, 0) is 6.54 Å². The Hall–Kier alpha value is -0.930. The molecule has 0 saturated heterocycles. The zero-order valence-corrected chi connectivity index (χ0v) is 8.83. The Labute approximate surface area is 85.2 Å². The van der Waals surface area contributed by atoms with Crippen LogP contribution in [0.4, 0.5) is 0 Å². The summed E-state index contributed by atoms with van der Waals surface area (Å²) in [5.74, 6) is 0. The van der Waals surface area contributed by atoms with Crippen LogP contribution in [0.2, 0.25) is 0 Å². The van der Waals surface area contributed by atoms with E-state index in [2.05, 4.69) is 24.1 Å². The Morgan fingerprint density at radius 3 is 2.93 bits per heavy atom. The predicted octanol–water partition coefficient (Wildman–Crippen LogP) is 1.25. The van der Waals surface area contributed by atoms with Gasteiger partial charge in [0.05, 0.1) is 6.61 Å². The topological polar surface area (TPSA) is 45.1 Å². The first-order valence-corrected chi connectivity index (χ1v) is 5.01. The van der Waals surface area contributed by atoms with Crippen molar-refractivity contribution in [3.63, 3.8) is 0 Å². The Morgan fingerprint density at radius 2 is 2.36 bits per heavy atom. The summed E-state index contributed by atoms with van der Waals surface area (Å²) in [6.07, 6.45) is 4.60. The Balaban J connectivity index is 2.49. The van der Waals surface area contributed by atoms with E-state index in [1.54, 1.807) is 6.20 Å². The number of pyridine rings is 1. The lowest BCUT2D eigenvalue weighted by molar-refractivity contribution is 0.238.